The third-order valence-corrected chi connectivity index (χ3v) is 3.25. The second kappa shape index (κ2) is 8.10. The van der Waals surface area contributed by atoms with Gasteiger partial charge in [-0.2, -0.15) is 0 Å². The van der Waals surface area contributed by atoms with E-state index in [4.69, 9.17) is 10.5 Å². The van der Waals surface area contributed by atoms with Crippen LogP contribution in [0.5, 0.6) is 0 Å². The van der Waals surface area contributed by atoms with E-state index < -0.39 is 5.97 Å². The van der Waals surface area contributed by atoms with Crippen molar-refractivity contribution in [1.29, 1.82) is 0 Å². The van der Waals surface area contributed by atoms with Gasteiger partial charge in [0.15, 0.2) is 0 Å². The summed E-state index contributed by atoms with van der Waals surface area (Å²) >= 11 is 0. The van der Waals surface area contributed by atoms with Gasteiger partial charge in [-0.15, -0.1) is 0 Å². The van der Waals surface area contributed by atoms with Crippen LogP contribution in [-0.4, -0.2) is 25.0 Å². The molecule has 0 unspecified atom stereocenters. The summed E-state index contributed by atoms with van der Waals surface area (Å²) in [4.78, 5) is 24.0. The Kier molecular flexibility index (Phi) is 5.88. The number of amides is 1. The Balaban J connectivity index is 2.12. The number of nitrogens with two attached hydrogens (primary N) is 1. The lowest BCUT2D eigenvalue weighted by atomic mass is 10.1. The van der Waals surface area contributed by atoms with Crippen molar-refractivity contribution >= 4 is 17.6 Å². The van der Waals surface area contributed by atoms with Gasteiger partial charge in [0.1, 0.15) is 0 Å². The van der Waals surface area contributed by atoms with Crippen molar-refractivity contribution in [2.75, 3.05) is 18.5 Å². The van der Waals surface area contributed by atoms with Crippen LogP contribution in [0.2, 0.25) is 0 Å². The van der Waals surface area contributed by atoms with Gasteiger partial charge in [0.2, 0.25) is 0 Å². The number of carbonyl (C=O) groups is 2. The highest BCUT2D eigenvalue weighted by atomic mass is 16.5. The van der Waals surface area contributed by atoms with Gasteiger partial charge in [0.05, 0.1) is 12.2 Å². The van der Waals surface area contributed by atoms with Crippen LogP contribution in [0.3, 0.4) is 0 Å². The van der Waals surface area contributed by atoms with Gasteiger partial charge in [-0.25, -0.2) is 4.79 Å². The van der Waals surface area contributed by atoms with Crippen LogP contribution in [0.1, 0.15) is 33.2 Å². The zero-order valence-corrected chi connectivity index (χ0v) is 13.0. The molecule has 0 aliphatic rings. The maximum Gasteiger partial charge on any atom is 0.338 e. The molecule has 5 nitrogen and oxygen atoms in total. The van der Waals surface area contributed by atoms with Crippen molar-refractivity contribution < 1.29 is 14.3 Å². The Morgan fingerprint density at radius 3 is 2.57 bits per heavy atom. The van der Waals surface area contributed by atoms with E-state index in [1.54, 1.807) is 37.3 Å². The Morgan fingerprint density at radius 2 is 1.83 bits per heavy atom. The first-order valence-electron chi connectivity index (χ1n) is 7.51. The number of anilines is 1. The topological polar surface area (TPSA) is 81.4 Å². The van der Waals surface area contributed by atoms with Gasteiger partial charge in [-0.3, -0.25) is 4.79 Å². The summed E-state index contributed by atoms with van der Waals surface area (Å²) in [6, 6.07) is 14.0. The summed E-state index contributed by atoms with van der Waals surface area (Å²) in [6.07, 6.45) is 0.722. The molecule has 0 fully saturated rings. The van der Waals surface area contributed by atoms with E-state index in [1.807, 2.05) is 18.2 Å². The summed E-state index contributed by atoms with van der Waals surface area (Å²) in [6.45, 7) is 2.59. The fraction of sp³-hybridized carbons (Fsp3) is 0.222. The standard InChI is InChI=1S/C18H20N2O3/c1-2-23-18(22)15-7-4-8-16(12-15)20-17(21)14-6-3-5-13(11-14)9-10-19/h3-8,11-12H,2,9-10,19H2,1H3,(H,20,21). The molecule has 0 saturated heterocycles. The van der Waals surface area contributed by atoms with E-state index in [1.165, 1.54) is 0 Å². The van der Waals surface area contributed by atoms with Crippen molar-refractivity contribution in [3.63, 3.8) is 0 Å². The molecule has 2 rings (SSSR count). The lowest BCUT2D eigenvalue weighted by molar-refractivity contribution is 0.0526. The molecule has 0 bridgehead atoms. The summed E-state index contributed by atoms with van der Waals surface area (Å²) in [5, 5.41) is 2.79. The number of esters is 1. The molecule has 2 aromatic rings. The number of hydrogen-bond donors (Lipinski definition) is 2. The van der Waals surface area contributed by atoms with Crippen LogP contribution < -0.4 is 11.1 Å². The van der Waals surface area contributed by atoms with Gasteiger partial charge in [-0.1, -0.05) is 18.2 Å². The second-order valence-electron chi connectivity index (χ2n) is 4.99. The van der Waals surface area contributed by atoms with Gasteiger partial charge >= 0.3 is 5.97 Å². The SMILES string of the molecule is CCOC(=O)c1cccc(NC(=O)c2cccc(CCN)c2)c1. The van der Waals surface area contributed by atoms with Crippen molar-refractivity contribution in [3.05, 3.63) is 65.2 Å². The highest BCUT2D eigenvalue weighted by Crippen LogP contribution is 2.14. The van der Waals surface area contributed by atoms with Gasteiger partial charge < -0.3 is 15.8 Å². The average Bonchev–Trinajstić information content (AvgIpc) is 2.56. The van der Waals surface area contributed by atoms with Crippen molar-refractivity contribution in [1.82, 2.24) is 0 Å². The van der Waals surface area contributed by atoms with E-state index in [0.29, 0.717) is 30.0 Å². The van der Waals surface area contributed by atoms with Crippen LogP contribution >= 0.6 is 0 Å². The molecule has 1 amide bonds. The molecule has 0 saturated carbocycles. The fourth-order valence-electron chi connectivity index (χ4n) is 2.18. The molecule has 0 aliphatic heterocycles. The summed E-state index contributed by atoms with van der Waals surface area (Å²) in [7, 11) is 0. The number of nitrogens with one attached hydrogen (secondary N) is 1. The van der Waals surface area contributed by atoms with Crippen LogP contribution in [0.4, 0.5) is 5.69 Å². The molecule has 120 valence electrons. The lowest BCUT2D eigenvalue weighted by Gasteiger charge is -2.08. The normalized spacial score (nSPS) is 10.2. The Bertz CT molecular complexity index is 698. The summed E-state index contributed by atoms with van der Waals surface area (Å²) in [5.74, 6) is -0.640. The van der Waals surface area contributed by atoms with Crippen molar-refractivity contribution in [3.8, 4) is 0 Å². The monoisotopic (exact) mass is 312 g/mol. The number of ether oxygens (including phenoxy) is 1. The predicted octanol–water partition coefficient (Wildman–Crippen LogP) is 2.62. The first-order valence-corrected chi connectivity index (χ1v) is 7.51. The maximum atomic E-state index is 12.3. The quantitative estimate of drug-likeness (QED) is 0.803. The minimum atomic E-state index is -0.409. The third kappa shape index (κ3) is 4.66. The van der Waals surface area contributed by atoms with E-state index in [-0.39, 0.29) is 5.91 Å². The van der Waals surface area contributed by atoms with Crippen LogP contribution in [-0.2, 0) is 11.2 Å². The van der Waals surface area contributed by atoms with Gasteiger partial charge in [0.25, 0.3) is 5.91 Å². The number of rotatable bonds is 6. The van der Waals surface area contributed by atoms with Crippen LogP contribution in [0.15, 0.2) is 48.5 Å². The first kappa shape index (κ1) is 16.7. The van der Waals surface area contributed by atoms with Gasteiger partial charge in [-0.05, 0) is 55.8 Å². The third-order valence-electron chi connectivity index (χ3n) is 3.25. The van der Waals surface area contributed by atoms with E-state index >= 15 is 0 Å². The molecule has 0 aromatic heterocycles. The number of hydrogen-bond acceptors (Lipinski definition) is 4. The van der Waals surface area contributed by atoms with E-state index in [9.17, 15) is 9.59 Å². The highest BCUT2D eigenvalue weighted by molar-refractivity contribution is 6.05. The number of benzene rings is 2. The van der Waals surface area contributed by atoms with E-state index in [0.717, 1.165) is 12.0 Å². The van der Waals surface area contributed by atoms with Gasteiger partial charge in [0, 0.05) is 11.3 Å². The fourth-order valence-corrected chi connectivity index (χ4v) is 2.18. The minimum absolute atomic E-state index is 0.232. The Morgan fingerprint density at radius 1 is 1.09 bits per heavy atom. The molecule has 5 heteroatoms. The Labute approximate surface area is 135 Å². The molecular weight excluding hydrogens is 292 g/mol. The minimum Gasteiger partial charge on any atom is -0.462 e. The molecule has 2 aromatic carbocycles. The largest absolute Gasteiger partial charge is 0.462 e. The first-order chi connectivity index (χ1) is 11.1. The molecule has 23 heavy (non-hydrogen) atoms. The zero-order chi connectivity index (χ0) is 16.7. The van der Waals surface area contributed by atoms with Crippen LogP contribution in [0.25, 0.3) is 0 Å². The molecule has 0 atom stereocenters. The molecule has 0 spiro atoms. The molecular formula is C18H20N2O3. The van der Waals surface area contributed by atoms with Crippen LogP contribution in [0, 0.1) is 0 Å². The molecule has 0 radical (unpaired) electrons. The number of carbonyl (C=O) groups excluding carboxylic acids is 2. The molecule has 0 heterocycles. The summed E-state index contributed by atoms with van der Waals surface area (Å²) < 4.78 is 4.95. The average molecular weight is 312 g/mol. The van der Waals surface area contributed by atoms with E-state index in [2.05, 4.69) is 5.32 Å². The van der Waals surface area contributed by atoms with Crippen molar-refractivity contribution in [2.24, 2.45) is 5.73 Å². The summed E-state index contributed by atoms with van der Waals surface area (Å²) in [5.41, 5.74) is 8.05. The molecule has 3 N–H and O–H groups in total. The lowest BCUT2D eigenvalue weighted by Crippen LogP contribution is -2.13. The highest BCUT2D eigenvalue weighted by Gasteiger charge is 2.10. The smallest absolute Gasteiger partial charge is 0.338 e. The zero-order valence-electron chi connectivity index (χ0n) is 13.0. The Hall–Kier alpha value is -2.66. The predicted molar refractivity (Wildman–Crippen MR) is 89.6 cm³/mol. The maximum absolute atomic E-state index is 12.3. The molecule has 0 aliphatic carbocycles. The second-order valence-corrected chi connectivity index (χ2v) is 4.99. The van der Waals surface area contributed by atoms with Crippen molar-refractivity contribution in [2.45, 2.75) is 13.3 Å².